The summed E-state index contributed by atoms with van der Waals surface area (Å²) in [5.41, 5.74) is 3.84. The van der Waals surface area contributed by atoms with Crippen molar-refractivity contribution in [1.82, 2.24) is 4.90 Å². The molecule has 1 fully saturated rings. The normalized spacial score (nSPS) is 33.1. The van der Waals surface area contributed by atoms with E-state index in [1.54, 1.807) is 20.2 Å². The maximum absolute atomic E-state index is 13.9. The Morgan fingerprint density at radius 2 is 1.89 bits per heavy atom. The van der Waals surface area contributed by atoms with E-state index in [1.807, 2.05) is 13.8 Å². The summed E-state index contributed by atoms with van der Waals surface area (Å²) in [6.07, 6.45) is -0.0398. The number of aliphatic hydroxyl groups excluding tert-OH is 2. The molecule has 1 aromatic carbocycles. The van der Waals surface area contributed by atoms with Crippen LogP contribution in [0.2, 0.25) is 0 Å². The molecule has 1 amide bonds. The minimum atomic E-state index is -2.66. The van der Waals surface area contributed by atoms with Crippen molar-refractivity contribution in [2.24, 2.45) is 22.7 Å². The number of phenols is 1. The quantitative estimate of drug-likeness (QED) is 0.367. The molecule has 0 radical (unpaired) electrons. The lowest BCUT2D eigenvalue weighted by Gasteiger charge is -2.50. The number of hydrogen-bond acceptors (Lipinski definition) is 10. The predicted octanol–water partition coefficient (Wildman–Crippen LogP) is 0.842. The number of likely N-dealkylation sites (N-methyl/N-ethyl adjacent to an activating group) is 1. The molecule has 11 heteroatoms. The van der Waals surface area contributed by atoms with Crippen LogP contribution in [0.4, 0.5) is 0 Å². The monoisotopic (exact) mass is 511 g/mol. The van der Waals surface area contributed by atoms with Crippen molar-refractivity contribution in [3.05, 3.63) is 45.7 Å². The number of primary amides is 1. The molecule has 1 aromatic rings. The van der Waals surface area contributed by atoms with E-state index in [0.717, 1.165) is 11.3 Å². The molecular weight excluding hydrogens is 482 g/mol. The molecule has 6 N–H and O–H groups in total. The molecule has 1 saturated carbocycles. The van der Waals surface area contributed by atoms with Crippen molar-refractivity contribution in [3.63, 3.8) is 0 Å². The Hall–Kier alpha value is -3.70. The number of aromatic hydroxyl groups is 1. The lowest BCUT2D eigenvalue weighted by molar-refractivity contribution is -0.153. The van der Waals surface area contributed by atoms with Crippen LogP contribution in [0.1, 0.15) is 42.9 Å². The fourth-order valence-corrected chi connectivity index (χ4v) is 6.66. The second kappa shape index (κ2) is 8.15. The van der Waals surface area contributed by atoms with Gasteiger partial charge in [0.25, 0.3) is 5.91 Å². The first-order chi connectivity index (χ1) is 17.3. The number of Topliss-reactive ketones (excluding diaryl/α,β-unsaturated/α-hetero) is 2. The number of carbonyl (C=O) groups excluding carboxylic acids is 3. The summed E-state index contributed by atoms with van der Waals surface area (Å²) >= 11 is 0. The predicted molar refractivity (Wildman–Crippen MR) is 131 cm³/mol. The average molecular weight is 512 g/mol. The van der Waals surface area contributed by atoms with E-state index in [0.29, 0.717) is 5.56 Å². The summed E-state index contributed by atoms with van der Waals surface area (Å²) in [4.78, 5) is 46.0. The van der Waals surface area contributed by atoms with Crippen LogP contribution in [0.5, 0.6) is 5.75 Å². The average Bonchev–Trinajstić information content (AvgIpc) is 3.14. The van der Waals surface area contributed by atoms with Crippen LogP contribution in [0, 0.1) is 11.8 Å². The Morgan fingerprint density at radius 1 is 1.22 bits per heavy atom. The molecule has 1 heterocycles. The lowest BCUT2D eigenvalue weighted by Crippen LogP contribution is -2.65. The van der Waals surface area contributed by atoms with Gasteiger partial charge in [0, 0.05) is 11.5 Å². The minimum Gasteiger partial charge on any atom is -0.508 e. The van der Waals surface area contributed by atoms with E-state index in [9.17, 15) is 34.8 Å². The third-order valence-corrected chi connectivity index (χ3v) is 8.26. The Bertz CT molecular complexity index is 1360. The molecular formula is C26H29N3O8. The van der Waals surface area contributed by atoms with Crippen molar-refractivity contribution in [2.75, 3.05) is 14.1 Å². The largest absolute Gasteiger partial charge is 0.508 e. The third-order valence-electron chi connectivity index (χ3n) is 8.26. The number of benzene rings is 1. The Balaban J connectivity index is 1.73. The van der Waals surface area contributed by atoms with Crippen molar-refractivity contribution in [1.29, 1.82) is 0 Å². The molecule has 0 saturated heterocycles. The van der Waals surface area contributed by atoms with E-state index in [4.69, 9.17) is 10.6 Å². The van der Waals surface area contributed by atoms with Crippen LogP contribution in [0.3, 0.4) is 0 Å². The van der Waals surface area contributed by atoms with Gasteiger partial charge in [0.15, 0.2) is 11.4 Å². The number of aliphatic hydroxyl groups is 3. The van der Waals surface area contributed by atoms with E-state index >= 15 is 0 Å². The highest BCUT2D eigenvalue weighted by molar-refractivity contribution is 6.24. The topological polar surface area (TPSA) is 183 Å². The second-order valence-corrected chi connectivity index (χ2v) is 10.5. The maximum Gasteiger partial charge on any atom is 0.255 e. The van der Waals surface area contributed by atoms with Crippen LogP contribution in [-0.2, 0) is 25.6 Å². The standard InChI is InChI=1S/C26H29N3O8/c1-9-16(10(2)37-28-9)12-5-6-15(30)18-13(12)7-11-8-14-20(29(3)4)22(32)19(25(27)35)24(34)26(14,36)23(33)17(11)21(18)31/h5-6,10-11,14,16,20,30-31,34,36H,7-8H2,1-4H3,(H2,27,35)/t10?,11-,14-,16?,20-,26-/m0/s1. The second-order valence-electron chi connectivity index (χ2n) is 10.5. The van der Waals surface area contributed by atoms with Gasteiger partial charge < -0.3 is 31.0 Å². The zero-order chi connectivity index (χ0) is 27.1. The molecule has 6 atom stereocenters. The van der Waals surface area contributed by atoms with Gasteiger partial charge in [-0.25, -0.2) is 0 Å². The number of phenolic OH excluding ortho intramolecular Hbond substituents is 1. The highest BCUT2D eigenvalue weighted by Crippen LogP contribution is 2.53. The molecule has 37 heavy (non-hydrogen) atoms. The molecule has 0 bridgehead atoms. The van der Waals surface area contributed by atoms with Gasteiger partial charge in [0.1, 0.15) is 28.9 Å². The van der Waals surface area contributed by atoms with Gasteiger partial charge in [-0.15, -0.1) is 0 Å². The van der Waals surface area contributed by atoms with Gasteiger partial charge in [-0.05, 0) is 63.9 Å². The van der Waals surface area contributed by atoms with Gasteiger partial charge in [-0.1, -0.05) is 11.2 Å². The Kier molecular flexibility index (Phi) is 5.50. The van der Waals surface area contributed by atoms with Crippen molar-refractivity contribution in [2.45, 2.75) is 50.4 Å². The first-order valence-electron chi connectivity index (χ1n) is 12.0. The summed E-state index contributed by atoms with van der Waals surface area (Å²) in [5.74, 6) is -6.97. The Morgan fingerprint density at radius 3 is 2.46 bits per heavy atom. The van der Waals surface area contributed by atoms with Crippen LogP contribution in [0.25, 0.3) is 5.76 Å². The molecule has 5 rings (SSSR count). The number of carbonyl (C=O) groups is 3. The van der Waals surface area contributed by atoms with E-state index in [-0.39, 0.29) is 41.7 Å². The fourth-order valence-electron chi connectivity index (χ4n) is 6.66. The van der Waals surface area contributed by atoms with Crippen LogP contribution in [-0.4, -0.2) is 80.4 Å². The number of ketones is 2. The number of fused-ring (bicyclic) bond motifs is 3. The van der Waals surface area contributed by atoms with E-state index < -0.39 is 58.0 Å². The number of hydrogen-bond donors (Lipinski definition) is 5. The molecule has 1 aliphatic heterocycles. The molecule has 0 spiro atoms. The summed E-state index contributed by atoms with van der Waals surface area (Å²) in [6, 6.07) is 2.03. The highest BCUT2D eigenvalue weighted by Gasteiger charge is 2.64. The smallest absolute Gasteiger partial charge is 0.255 e. The van der Waals surface area contributed by atoms with Crippen molar-refractivity contribution >= 4 is 28.9 Å². The molecule has 196 valence electrons. The third kappa shape index (κ3) is 3.20. The maximum atomic E-state index is 13.9. The van der Waals surface area contributed by atoms with Gasteiger partial charge >= 0.3 is 0 Å². The fraction of sp³-hybridized carbons (Fsp3) is 0.462. The van der Waals surface area contributed by atoms with Gasteiger partial charge in [0.05, 0.1) is 23.2 Å². The lowest BCUT2D eigenvalue weighted by atomic mass is 9.57. The summed E-state index contributed by atoms with van der Waals surface area (Å²) in [7, 11) is 3.13. The van der Waals surface area contributed by atoms with Crippen LogP contribution >= 0.6 is 0 Å². The number of oxime groups is 1. The molecule has 3 aliphatic carbocycles. The molecule has 0 aromatic heterocycles. The minimum absolute atomic E-state index is 0.0324. The van der Waals surface area contributed by atoms with Gasteiger partial charge in [0.2, 0.25) is 5.78 Å². The first-order valence-corrected chi connectivity index (χ1v) is 12.0. The number of nitrogens with two attached hydrogens (primary N) is 1. The molecule has 4 aliphatic rings. The summed E-state index contributed by atoms with van der Waals surface area (Å²) < 4.78 is 0. The highest BCUT2D eigenvalue weighted by atomic mass is 16.6. The zero-order valence-electron chi connectivity index (χ0n) is 20.8. The first kappa shape index (κ1) is 25.0. The van der Waals surface area contributed by atoms with Crippen LogP contribution < -0.4 is 5.73 Å². The summed E-state index contributed by atoms with van der Waals surface area (Å²) in [6.45, 7) is 3.68. The number of amides is 1. The zero-order valence-corrected chi connectivity index (χ0v) is 20.8. The SMILES string of the molecule is CC1=NOC(C)C1c1ccc(O)c2c1C[C@H]1C[C@H]3[C@H](N(C)C)C(=O)C(C(N)=O)=C(O)[C@@]3(O)C(=O)C1=C2O. The van der Waals surface area contributed by atoms with Crippen molar-refractivity contribution in [3.8, 4) is 5.75 Å². The number of rotatable bonds is 3. The van der Waals surface area contributed by atoms with Crippen LogP contribution in [0.15, 0.2) is 34.2 Å². The summed E-state index contributed by atoms with van der Waals surface area (Å²) in [5, 5.41) is 48.7. The van der Waals surface area contributed by atoms with Gasteiger partial charge in [-0.2, -0.15) is 0 Å². The molecule has 11 nitrogen and oxygen atoms in total. The van der Waals surface area contributed by atoms with E-state index in [1.165, 1.54) is 11.0 Å². The van der Waals surface area contributed by atoms with Gasteiger partial charge in [-0.3, -0.25) is 19.3 Å². The van der Waals surface area contributed by atoms with Crippen molar-refractivity contribution < 1.29 is 39.6 Å². The molecule has 2 unspecified atom stereocenters. The number of nitrogens with zero attached hydrogens (tertiary/aromatic N) is 2. The van der Waals surface area contributed by atoms with E-state index in [2.05, 4.69) is 5.16 Å². The Labute approximate surface area is 212 Å².